The molecule has 0 fully saturated rings. The van der Waals surface area contributed by atoms with Crippen LogP contribution in [-0.4, -0.2) is 11.6 Å². The molecule has 1 amide bonds. The summed E-state index contributed by atoms with van der Waals surface area (Å²) in [6, 6.07) is 11.4. The van der Waals surface area contributed by atoms with Crippen molar-refractivity contribution < 1.29 is 18.0 Å². The first-order chi connectivity index (χ1) is 10.8. The smallest absolute Gasteiger partial charge is 0.326 e. The van der Waals surface area contributed by atoms with Crippen molar-refractivity contribution in [2.45, 2.75) is 19.5 Å². The summed E-state index contributed by atoms with van der Waals surface area (Å²) in [5.74, 6) is -0.399. The molecule has 120 valence electrons. The molecule has 0 radical (unpaired) electrons. The average molecular weight is 320 g/mol. The van der Waals surface area contributed by atoms with Crippen molar-refractivity contribution in [2.75, 3.05) is 5.32 Å². The van der Waals surface area contributed by atoms with Gasteiger partial charge in [-0.05, 0) is 36.2 Å². The van der Waals surface area contributed by atoms with Crippen LogP contribution in [0, 0.1) is 5.41 Å². The lowest BCUT2D eigenvalue weighted by molar-refractivity contribution is -0.137. The predicted molar refractivity (Wildman–Crippen MR) is 82.7 cm³/mol. The number of carbonyl (C=O) groups is 1. The summed E-state index contributed by atoms with van der Waals surface area (Å²) < 4.78 is 37.9. The number of rotatable bonds is 4. The fraction of sp³-hybridized carbons (Fsp3) is 0.176. The van der Waals surface area contributed by atoms with Gasteiger partial charge < -0.3 is 10.7 Å². The van der Waals surface area contributed by atoms with Crippen LogP contribution in [0.1, 0.15) is 23.6 Å². The highest BCUT2D eigenvalue weighted by molar-refractivity contribution is 5.97. The molecule has 2 aromatic rings. The molecule has 0 unspecified atom stereocenters. The van der Waals surface area contributed by atoms with Crippen LogP contribution >= 0.6 is 0 Å². The third-order valence-corrected chi connectivity index (χ3v) is 3.22. The van der Waals surface area contributed by atoms with Gasteiger partial charge in [-0.2, -0.15) is 13.2 Å². The van der Waals surface area contributed by atoms with E-state index in [1.165, 1.54) is 12.1 Å². The number of alkyl halides is 3. The molecule has 0 heterocycles. The largest absolute Gasteiger partial charge is 0.416 e. The van der Waals surface area contributed by atoms with Crippen LogP contribution in [0.15, 0.2) is 48.5 Å². The Hall–Kier alpha value is -2.63. The Bertz CT molecular complexity index is 721. The van der Waals surface area contributed by atoms with Crippen LogP contribution in [0.2, 0.25) is 0 Å². The Balaban J connectivity index is 2.03. The van der Waals surface area contributed by atoms with E-state index in [1.54, 1.807) is 31.2 Å². The Morgan fingerprint density at radius 2 is 1.78 bits per heavy atom. The second kappa shape index (κ2) is 6.64. The maximum atomic E-state index is 12.6. The van der Waals surface area contributed by atoms with Crippen molar-refractivity contribution in [3.8, 4) is 0 Å². The van der Waals surface area contributed by atoms with E-state index in [1.807, 2.05) is 0 Å². The minimum absolute atomic E-state index is 0.144. The first kappa shape index (κ1) is 16.7. The second-order valence-electron chi connectivity index (χ2n) is 5.13. The molecule has 6 heteroatoms. The standard InChI is InChI=1S/C17H15F3N2O/c1-11(21)13-5-7-15(8-6-13)22-16(23)10-12-3-2-4-14(9-12)17(18,19)20/h2-9,21H,10H2,1H3,(H,22,23). The van der Waals surface area contributed by atoms with E-state index in [-0.39, 0.29) is 6.42 Å². The Kier molecular flexibility index (Phi) is 4.83. The molecular weight excluding hydrogens is 305 g/mol. The lowest BCUT2D eigenvalue weighted by Gasteiger charge is -2.09. The zero-order valence-electron chi connectivity index (χ0n) is 12.4. The number of benzene rings is 2. The highest BCUT2D eigenvalue weighted by atomic mass is 19.4. The molecule has 2 rings (SSSR count). The molecule has 2 aromatic carbocycles. The Labute approximate surface area is 131 Å². The van der Waals surface area contributed by atoms with Crippen molar-refractivity contribution >= 4 is 17.3 Å². The van der Waals surface area contributed by atoms with Crippen molar-refractivity contribution in [1.82, 2.24) is 0 Å². The number of hydrogen-bond donors (Lipinski definition) is 2. The highest BCUT2D eigenvalue weighted by Gasteiger charge is 2.30. The van der Waals surface area contributed by atoms with E-state index >= 15 is 0 Å². The molecule has 0 aliphatic carbocycles. The highest BCUT2D eigenvalue weighted by Crippen LogP contribution is 2.29. The summed E-state index contributed by atoms with van der Waals surface area (Å²) in [5.41, 5.74) is 1.21. The lowest BCUT2D eigenvalue weighted by atomic mass is 10.1. The van der Waals surface area contributed by atoms with E-state index in [9.17, 15) is 18.0 Å². The third-order valence-electron chi connectivity index (χ3n) is 3.22. The molecule has 0 spiro atoms. The number of nitrogens with one attached hydrogen (secondary N) is 2. The maximum Gasteiger partial charge on any atom is 0.416 e. The van der Waals surface area contributed by atoms with E-state index in [4.69, 9.17) is 5.41 Å². The summed E-state index contributed by atoms with van der Waals surface area (Å²) in [4.78, 5) is 11.9. The summed E-state index contributed by atoms with van der Waals surface area (Å²) in [6.45, 7) is 1.65. The van der Waals surface area contributed by atoms with Crippen molar-refractivity contribution in [3.63, 3.8) is 0 Å². The number of amides is 1. The monoisotopic (exact) mass is 320 g/mol. The SMILES string of the molecule is CC(=N)c1ccc(NC(=O)Cc2cccc(C(F)(F)F)c2)cc1. The molecule has 23 heavy (non-hydrogen) atoms. The second-order valence-corrected chi connectivity index (χ2v) is 5.13. The van der Waals surface area contributed by atoms with E-state index in [2.05, 4.69) is 5.32 Å². The summed E-state index contributed by atoms with van der Waals surface area (Å²) in [6.07, 6.45) is -4.57. The van der Waals surface area contributed by atoms with Crippen molar-refractivity contribution in [3.05, 3.63) is 65.2 Å². The van der Waals surface area contributed by atoms with E-state index in [0.29, 0.717) is 17.0 Å². The van der Waals surface area contributed by atoms with Gasteiger partial charge in [0, 0.05) is 11.4 Å². The van der Waals surface area contributed by atoms with Crippen LogP contribution < -0.4 is 5.32 Å². The minimum Gasteiger partial charge on any atom is -0.326 e. The average Bonchev–Trinajstić information content (AvgIpc) is 2.47. The molecule has 0 atom stereocenters. The van der Waals surface area contributed by atoms with Gasteiger partial charge in [-0.1, -0.05) is 30.3 Å². The number of halogens is 3. The van der Waals surface area contributed by atoms with E-state index < -0.39 is 17.6 Å². The van der Waals surface area contributed by atoms with Crippen molar-refractivity contribution in [1.29, 1.82) is 5.41 Å². The molecule has 0 aromatic heterocycles. The van der Waals surface area contributed by atoms with Crippen LogP contribution in [0.3, 0.4) is 0 Å². The fourth-order valence-electron chi connectivity index (χ4n) is 2.05. The van der Waals surface area contributed by atoms with Crippen LogP contribution in [0.5, 0.6) is 0 Å². The fourth-order valence-corrected chi connectivity index (χ4v) is 2.05. The third kappa shape index (κ3) is 4.67. The quantitative estimate of drug-likeness (QED) is 0.812. The van der Waals surface area contributed by atoms with Gasteiger partial charge in [0.2, 0.25) is 5.91 Å². The first-order valence-electron chi connectivity index (χ1n) is 6.87. The molecule has 0 bridgehead atoms. The van der Waals surface area contributed by atoms with Gasteiger partial charge in [0.05, 0.1) is 12.0 Å². The first-order valence-corrected chi connectivity index (χ1v) is 6.87. The van der Waals surface area contributed by atoms with Crippen LogP contribution in [0.4, 0.5) is 18.9 Å². The number of carbonyl (C=O) groups excluding carboxylic acids is 1. The topological polar surface area (TPSA) is 53.0 Å². The molecule has 0 saturated carbocycles. The molecular formula is C17H15F3N2O. The van der Waals surface area contributed by atoms with Gasteiger partial charge in [-0.25, -0.2) is 0 Å². The molecule has 0 aliphatic heterocycles. The normalized spacial score (nSPS) is 11.1. The lowest BCUT2D eigenvalue weighted by Crippen LogP contribution is -2.15. The molecule has 0 aliphatic rings. The van der Waals surface area contributed by atoms with Gasteiger partial charge in [0.25, 0.3) is 0 Å². The zero-order chi connectivity index (χ0) is 17.0. The van der Waals surface area contributed by atoms with Gasteiger partial charge in [-0.3, -0.25) is 4.79 Å². The Morgan fingerprint density at radius 3 is 2.35 bits per heavy atom. The molecule has 0 saturated heterocycles. The zero-order valence-corrected chi connectivity index (χ0v) is 12.4. The number of anilines is 1. The van der Waals surface area contributed by atoms with Gasteiger partial charge in [0.1, 0.15) is 0 Å². The molecule has 2 N–H and O–H groups in total. The van der Waals surface area contributed by atoms with Crippen LogP contribution in [-0.2, 0) is 17.4 Å². The van der Waals surface area contributed by atoms with Gasteiger partial charge in [-0.15, -0.1) is 0 Å². The van der Waals surface area contributed by atoms with E-state index in [0.717, 1.165) is 17.7 Å². The minimum atomic E-state index is -4.42. The maximum absolute atomic E-state index is 12.6. The Morgan fingerprint density at radius 1 is 1.13 bits per heavy atom. The summed E-state index contributed by atoms with van der Waals surface area (Å²) >= 11 is 0. The van der Waals surface area contributed by atoms with Crippen molar-refractivity contribution in [2.24, 2.45) is 0 Å². The summed E-state index contributed by atoms with van der Waals surface area (Å²) in [5, 5.41) is 10.1. The summed E-state index contributed by atoms with van der Waals surface area (Å²) in [7, 11) is 0. The van der Waals surface area contributed by atoms with Gasteiger partial charge in [0.15, 0.2) is 0 Å². The predicted octanol–water partition coefficient (Wildman–Crippen LogP) is 4.27. The van der Waals surface area contributed by atoms with Crippen LogP contribution in [0.25, 0.3) is 0 Å². The molecule has 3 nitrogen and oxygen atoms in total. The number of hydrogen-bond acceptors (Lipinski definition) is 2. The van der Waals surface area contributed by atoms with Gasteiger partial charge >= 0.3 is 6.18 Å².